The van der Waals surface area contributed by atoms with Crippen LogP contribution in [-0.4, -0.2) is 53.8 Å². The van der Waals surface area contributed by atoms with E-state index in [9.17, 15) is 4.79 Å². The molecule has 1 aromatic heterocycles. The van der Waals surface area contributed by atoms with Gasteiger partial charge in [-0.15, -0.1) is 0 Å². The first-order chi connectivity index (χ1) is 11.9. The molecule has 0 saturated carbocycles. The summed E-state index contributed by atoms with van der Waals surface area (Å²) < 4.78 is 5.42. The first kappa shape index (κ1) is 19.7. The second-order valence-corrected chi connectivity index (χ2v) is 7.56. The van der Waals surface area contributed by atoms with Crippen molar-refractivity contribution in [2.24, 2.45) is 0 Å². The third-order valence-corrected chi connectivity index (χ3v) is 4.76. The summed E-state index contributed by atoms with van der Waals surface area (Å²) in [6.07, 6.45) is 4.55. The van der Waals surface area contributed by atoms with Gasteiger partial charge in [-0.2, -0.15) is 0 Å². The first-order valence-electron chi connectivity index (χ1n) is 9.12. The third kappa shape index (κ3) is 7.00. The lowest BCUT2D eigenvalue weighted by molar-refractivity contribution is 0.00946. The molecule has 6 nitrogen and oxygen atoms in total. The molecular weight excluding hydrogens is 316 g/mol. The Bertz CT molecular complexity index is 527. The fraction of sp³-hybridized carbons (Fsp3) is 0.684. The van der Waals surface area contributed by atoms with E-state index in [0.717, 1.165) is 44.6 Å². The molecule has 0 aromatic carbocycles. The van der Waals surface area contributed by atoms with E-state index in [1.165, 1.54) is 0 Å². The maximum Gasteiger partial charge on any atom is 0.315 e. The number of amides is 2. The monoisotopic (exact) mass is 348 g/mol. The molecule has 25 heavy (non-hydrogen) atoms. The molecule has 1 fully saturated rings. The average molecular weight is 348 g/mol. The van der Waals surface area contributed by atoms with Crippen molar-refractivity contribution >= 4 is 6.03 Å². The van der Waals surface area contributed by atoms with Crippen molar-refractivity contribution in [2.75, 3.05) is 20.2 Å². The molecule has 2 rings (SSSR count). The minimum Gasteiger partial charge on any atom is -0.379 e. The lowest BCUT2D eigenvalue weighted by Gasteiger charge is -2.32. The quantitative estimate of drug-likeness (QED) is 0.795. The van der Waals surface area contributed by atoms with Crippen LogP contribution >= 0.6 is 0 Å². The Hall–Kier alpha value is -1.66. The molecule has 0 aliphatic carbocycles. The van der Waals surface area contributed by atoms with Gasteiger partial charge in [0.1, 0.15) is 0 Å². The third-order valence-electron chi connectivity index (χ3n) is 4.76. The van der Waals surface area contributed by atoms with Crippen LogP contribution in [0.25, 0.3) is 0 Å². The summed E-state index contributed by atoms with van der Waals surface area (Å²) in [6, 6.07) is 6.24. The second-order valence-electron chi connectivity index (χ2n) is 7.56. The van der Waals surface area contributed by atoms with E-state index in [4.69, 9.17) is 4.74 Å². The predicted molar refractivity (Wildman–Crippen MR) is 99.4 cm³/mol. The average Bonchev–Trinajstić information content (AvgIpc) is 2.57. The number of hydrogen-bond donors (Lipinski definition) is 2. The van der Waals surface area contributed by atoms with Crippen molar-refractivity contribution in [1.82, 2.24) is 20.5 Å². The summed E-state index contributed by atoms with van der Waals surface area (Å²) in [5.41, 5.74) is 0.866. The van der Waals surface area contributed by atoms with Gasteiger partial charge in [-0.3, -0.25) is 9.88 Å². The molecule has 6 heteroatoms. The maximum atomic E-state index is 12.2. The molecule has 2 amide bonds. The van der Waals surface area contributed by atoms with Crippen molar-refractivity contribution in [1.29, 1.82) is 0 Å². The highest BCUT2D eigenvalue weighted by Crippen LogP contribution is 2.16. The molecule has 1 unspecified atom stereocenters. The summed E-state index contributed by atoms with van der Waals surface area (Å²) in [7, 11) is 1.70. The van der Waals surface area contributed by atoms with Crippen molar-refractivity contribution in [3.63, 3.8) is 0 Å². The topological polar surface area (TPSA) is 66.5 Å². The normalized spacial score (nSPS) is 17.9. The SMILES string of the molecule is COC(C)(C)CC(C)NC(=O)NC1CCN(Cc2ccccn2)CC1. The summed E-state index contributed by atoms with van der Waals surface area (Å²) in [5, 5.41) is 6.12. The Kier molecular flexibility index (Phi) is 7.20. The molecule has 1 aliphatic heterocycles. The van der Waals surface area contributed by atoms with Crippen LogP contribution in [0.1, 0.15) is 45.7 Å². The van der Waals surface area contributed by atoms with Crippen LogP contribution in [0.4, 0.5) is 4.79 Å². The van der Waals surface area contributed by atoms with Gasteiger partial charge >= 0.3 is 6.03 Å². The molecule has 0 radical (unpaired) electrons. The number of pyridine rings is 1. The minimum absolute atomic E-state index is 0.0687. The summed E-state index contributed by atoms with van der Waals surface area (Å²) in [5.74, 6) is 0. The number of rotatable bonds is 7. The zero-order chi connectivity index (χ0) is 18.3. The maximum absolute atomic E-state index is 12.2. The number of ether oxygens (including phenoxy) is 1. The summed E-state index contributed by atoms with van der Waals surface area (Å²) in [6.45, 7) is 8.90. The van der Waals surface area contributed by atoms with Gasteiger partial charge < -0.3 is 15.4 Å². The molecular formula is C19H32N4O2. The van der Waals surface area contributed by atoms with Crippen LogP contribution in [0.15, 0.2) is 24.4 Å². The van der Waals surface area contributed by atoms with E-state index in [-0.39, 0.29) is 23.7 Å². The molecule has 2 heterocycles. The van der Waals surface area contributed by atoms with E-state index >= 15 is 0 Å². The molecule has 140 valence electrons. The largest absolute Gasteiger partial charge is 0.379 e. The smallest absolute Gasteiger partial charge is 0.315 e. The van der Waals surface area contributed by atoms with Gasteiger partial charge in [0, 0.05) is 45.0 Å². The van der Waals surface area contributed by atoms with Crippen LogP contribution in [0.3, 0.4) is 0 Å². The number of aromatic nitrogens is 1. The van der Waals surface area contributed by atoms with Crippen LogP contribution in [0.2, 0.25) is 0 Å². The Balaban J connectivity index is 1.68. The Labute approximate surface area is 151 Å². The molecule has 2 N–H and O–H groups in total. The summed E-state index contributed by atoms with van der Waals surface area (Å²) in [4.78, 5) is 19.0. The number of likely N-dealkylation sites (tertiary alicyclic amines) is 1. The van der Waals surface area contributed by atoms with Gasteiger partial charge in [-0.25, -0.2) is 4.79 Å². The number of nitrogens with one attached hydrogen (secondary N) is 2. The molecule has 1 saturated heterocycles. The predicted octanol–water partition coefficient (Wildman–Crippen LogP) is 2.55. The lowest BCUT2D eigenvalue weighted by atomic mass is 10.00. The number of carbonyl (C=O) groups excluding carboxylic acids is 1. The fourth-order valence-electron chi connectivity index (χ4n) is 3.28. The van der Waals surface area contributed by atoms with Crippen molar-refractivity contribution < 1.29 is 9.53 Å². The number of hydrogen-bond acceptors (Lipinski definition) is 4. The molecule has 1 atom stereocenters. The Morgan fingerprint density at radius 1 is 1.40 bits per heavy atom. The zero-order valence-electron chi connectivity index (χ0n) is 15.9. The van der Waals surface area contributed by atoms with E-state index in [1.807, 2.05) is 39.1 Å². The second kappa shape index (κ2) is 9.15. The van der Waals surface area contributed by atoms with Gasteiger partial charge in [0.25, 0.3) is 0 Å². The minimum atomic E-state index is -0.233. The number of carbonyl (C=O) groups is 1. The van der Waals surface area contributed by atoms with E-state index in [0.29, 0.717) is 0 Å². The van der Waals surface area contributed by atoms with Gasteiger partial charge in [0.2, 0.25) is 0 Å². The highest BCUT2D eigenvalue weighted by molar-refractivity contribution is 5.74. The number of piperidine rings is 1. The number of nitrogens with zero attached hydrogens (tertiary/aromatic N) is 2. The Morgan fingerprint density at radius 3 is 2.72 bits per heavy atom. The highest BCUT2D eigenvalue weighted by Gasteiger charge is 2.24. The van der Waals surface area contributed by atoms with Crippen LogP contribution in [-0.2, 0) is 11.3 Å². The number of urea groups is 1. The molecule has 1 aliphatic rings. The standard InChI is InChI=1S/C19H32N4O2/c1-15(13-19(2,3)25-4)21-18(24)22-16-8-11-23(12-9-16)14-17-7-5-6-10-20-17/h5-7,10,15-16H,8-9,11-14H2,1-4H3,(H2,21,22,24). The Morgan fingerprint density at radius 2 is 2.12 bits per heavy atom. The van der Waals surface area contributed by atoms with Crippen LogP contribution < -0.4 is 10.6 Å². The first-order valence-corrected chi connectivity index (χ1v) is 9.12. The van der Waals surface area contributed by atoms with Crippen molar-refractivity contribution in [3.05, 3.63) is 30.1 Å². The van der Waals surface area contributed by atoms with Gasteiger partial charge in [0.05, 0.1) is 11.3 Å². The molecule has 0 bridgehead atoms. The molecule has 1 aromatic rings. The van der Waals surface area contributed by atoms with Gasteiger partial charge in [-0.1, -0.05) is 6.07 Å². The number of methoxy groups -OCH3 is 1. The molecule has 0 spiro atoms. The summed E-state index contributed by atoms with van der Waals surface area (Å²) >= 11 is 0. The van der Waals surface area contributed by atoms with E-state index in [2.05, 4.69) is 26.6 Å². The van der Waals surface area contributed by atoms with E-state index < -0.39 is 0 Å². The van der Waals surface area contributed by atoms with E-state index in [1.54, 1.807) is 7.11 Å². The lowest BCUT2D eigenvalue weighted by Crippen LogP contribution is -2.50. The van der Waals surface area contributed by atoms with Crippen molar-refractivity contribution in [3.8, 4) is 0 Å². The van der Waals surface area contributed by atoms with Gasteiger partial charge in [0.15, 0.2) is 0 Å². The van der Waals surface area contributed by atoms with Crippen LogP contribution in [0.5, 0.6) is 0 Å². The highest BCUT2D eigenvalue weighted by atomic mass is 16.5. The fourth-order valence-corrected chi connectivity index (χ4v) is 3.28. The van der Waals surface area contributed by atoms with Crippen molar-refractivity contribution in [2.45, 2.75) is 64.3 Å². The van der Waals surface area contributed by atoms with Gasteiger partial charge in [-0.05, 0) is 52.2 Å². The van der Waals surface area contributed by atoms with Crippen LogP contribution in [0, 0.1) is 0 Å². The zero-order valence-corrected chi connectivity index (χ0v) is 15.9.